The number of thiophene rings is 1. The van der Waals surface area contributed by atoms with Crippen LogP contribution in [0.2, 0.25) is 8.67 Å². The van der Waals surface area contributed by atoms with Crippen molar-refractivity contribution in [2.24, 2.45) is 0 Å². The van der Waals surface area contributed by atoms with Gasteiger partial charge < -0.3 is 10.2 Å². The number of carbonyl (C=O) groups excluding carboxylic acids is 2. The number of halogens is 2. The van der Waals surface area contributed by atoms with Gasteiger partial charge in [0.15, 0.2) is 0 Å². The van der Waals surface area contributed by atoms with E-state index in [1.807, 2.05) is 18.7 Å². The second kappa shape index (κ2) is 7.64. The average Bonchev–Trinajstić information content (AvgIpc) is 2.77. The molecule has 0 radical (unpaired) electrons. The lowest BCUT2D eigenvalue weighted by Gasteiger charge is -2.34. The summed E-state index contributed by atoms with van der Waals surface area (Å²) in [7, 11) is 0. The first-order valence-electron chi connectivity index (χ1n) is 7.12. The molecular formula is C14H19Cl2N3O2S. The van der Waals surface area contributed by atoms with Crippen molar-refractivity contribution in [2.45, 2.75) is 19.9 Å². The van der Waals surface area contributed by atoms with Gasteiger partial charge in [0.1, 0.15) is 4.34 Å². The van der Waals surface area contributed by atoms with Gasteiger partial charge in [-0.05, 0) is 19.9 Å². The van der Waals surface area contributed by atoms with Gasteiger partial charge in [0.05, 0.1) is 16.4 Å². The molecule has 2 rings (SSSR count). The highest BCUT2D eigenvalue weighted by atomic mass is 35.5. The third kappa shape index (κ3) is 4.59. The summed E-state index contributed by atoms with van der Waals surface area (Å²) >= 11 is 13.1. The zero-order valence-corrected chi connectivity index (χ0v) is 14.9. The highest BCUT2D eigenvalue weighted by molar-refractivity contribution is 7.20. The van der Waals surface area contributed by atoms with Crippen LogP contribution in [0, 0.1) is 0 Å². The molecule has 1 N–H and O–H groups in total. The van der Waals surface area contributed by atoms with Gasteiger partial charge in [-0.1, -0.05) is 23.2 Å². The van der Waals surface area contributed by atoms with Crippen LogP contribution in [0.25, 0.3) is 0 Å². The van der Waals surface area contributed by atoms with Crippen molar-refractivity contribution in [1.82, 2.24) is 15.1 Å². The molecule has 5 nitrogen and oxygen atoms in total. The van der Waals surface area contributed by atoms with Crippen molar-refractivity contribution < 1.29 is 9.59 Å². The SMILES string of the molecule is CC(C)NC(=O)CN1CCN(C(=O)c2cc(Cl)sc2Cl)CC1. The predicted molar refractivity (Wildman–Crippen MR) is 90.0 cm³/mol. The van der Waals surface area contributed by atoms with Crippen LogP contribution in [0.1, 0.15) is 24.2 Å². The number of nitrogens with one attached hydrogen (secondary N) is 1. The van der Waals surface area contributed by atoms with E-state index in [4.69, 9.17) is 23.2 Å². The standard InChI is InChI=1S/C14H19Cl2N3O2S/c1-9(2)17-12(20)8-18-3-5-19(6-4-18)14(21)10-7-11(15)22-13(10)16/h7,9H,3-6,8H2,1-2H3,(H,17,20). The fourth-order valence-corrected chi connectivity index (χ4v) is 3.78. The van der Waals surface area contributed by atoms with Gasteiger partial charge >= 0.3 is 0 Å². The van der Waals surface area contributed by atoms with Crippen molar-refractivity contribution in [3.05, 3.63) is 20.3 Å². The molecule has 0 aliphatic carbocycles. The van der Waals surface area contributed by atoms with Crippen molar-refractivity contribution in [3.63, 3.8) is 0 Å². The van der Waals surface area contributed by atoms with Crippen LogP contribution in [-0.2, 0) is 4.79 Å². The Labute approximate surface area is 144 Å². The van der Waals surface area contributed by atoms with Gasteiger partial charge in [0, 0.05) is 32.2 Å². The summed E-state index contributed by atoms with van der Waals surface area (Å²) in [5.41, 5.74) is 0.461. The Balaban J connectivity index is 1.85. The van der Waals surface area contributed by atoms with Crippen molar-refractivity contribution in [3.8, 4) is 0 Å². The molecule has 22 heavy (non-hydrogen) atoms. The summed E-state index contributed by atoms with van der Waals surface area (Å²) < 4.78 is 0.936. The van der Waals surface area contributed by atoms with Gasteiger partial charge in [-0.3, -0.25) is 14.5 Å². The molecule has 1 aliphatic heterocycles. The molecule has 2 amide bonds. The fourth-order valence-electron chi connectivity index (χ4n) is 2.34. The summed E-state index contributed by atoms with van der Waals surface area (Å²) in [6.07, 6.45) is 0. The number of hydrogen-bond acceptors (Lipinski definition) is 4. The maximum absolute atomic E-state index is 12.4. The molecule has 1 fully saturated rings. The third-order valence-electron chi connectivity index (χ3n) is 3.36. The van der Waals surface area contributed by atoms with Gasteiger partial charge in [-0.2, -0.15) is 0 Å². The van der Waals surface area contributed by atoms with Gasteiger partial charge in [0.2, 0.25) is 5.91 Å². The van der Waals surface area contributed by atoms with Crippen LogP contribution in [0.15, 0.2) is 6.07 Å². The lowest BCUT2D eigenvalue weighted by atomic mass is 10.2. The summed E-state index contributed by atoms with van der Waals surface area (Å²) in [6.45, 7) is 6.74. The summed E-state index contributed by atoms with van der Waals surface area (Å²) in [4.78, 5) is 27.9. The number of hydrogen-bond donors (Lipinski definition) is 1. The largest absolute Gasteiger partial charge is 0.353 e. The number of carbonyl (C=O) groups is 2. The summed E-state index contributed by atoms with van der Waals surface area (Å²) in [5.74, 6) is -0.0816. The molecule has 0 spiro atoms. The van der Waals surface area contributed by atoms with E-state index in [-0.39, 0.29) is 17.9 Å². The van der Waals surface area contributed by atoms with Crippen LogP contribution >= 0.6 is 34.5 Å². The molecule has 0 aromatic carbocycles. The predicted octanol–water partition coefficient (Wildman–Crippen LogP) is 2.34. The maximum Gasteiger partial charge on any atom is 0.256 e. The Kier molecular flexibility index (Phi) is 6.09. The number of piperazine rings is 1. The molecule has 1 aromatic rings. The number of nitrogens with zero attached hydrogens (tertiary/aromatic N) is 2. The zero-order valence-electron chi connectivity index (χ0n) is 12.6. The van der Waals surface area contributed by atoms with E-state index in [1.54, 1.807) is 11.0 Å². The van der Waals surface area contributed by atoms with E-state index < -0.39 is 0 Å². The molecular weight excluding hydrogens is 345 g/mol. The van der Waals surface area contributed by atoms with Crippen LogP contribution < -0.4 is 5.32 Å². The number of rotatable bonds is 4. The first kappa shape index (κ1) is 17.5. The summed E-state index contributed by atoms with van der Waals surface area (Å²) in [5, 5.41) is 2.87. The van der Waals surface area contributed by atoms with E-state index in [2.05, 4.69) is 5.32 Å². The van der Waals surface area contributed by atoms with Gasteiger partial charge in [0.25, 0.3) is 5.91 Å². The third-order valence-corrected chi connectivity index (χ3v) is 4.85. The first-order valence-corrected chi connectivity index (χ1v) is 8.70. The quantitative estimate of drug-likeness (QED) is 0.892. The second-order valence-electron chi connectivity index (χ2n) is 5.53. The van der Waals surface area contributed by atoms with E-state index in [9.17, 15) is 9.59 Å². The molecule has 2 heterocycles. The molecule has 1 aliphatic rings. The molecule has 1 saturated heterocycles. The molecule has 1 aromatic heterocycles. The lowest BCUT2D eigenvalue weighted by molar-refractivity contribution is -0.123. The van der Waals surface area contributed by atoms with Gasteiger partial charge in [-0.15, -0.1) is 11.3 Å². The fraction of sp³-hybridized carbons (Fsp3) is 0.571. The highest BCUT2D eigenvalue weighted by Crippen LogP contribution is 2.32. The molecule has 0 unspecified atom stereocenters. The first-order chi connectivity index (χ1) is 10.4. The molecule has 122 valence electrons. The second-order valence-corrected chi connectivity index (χ2v) is 7.81. The maximum atomic E-state index is 12.4. The Hall–Kier alpha value is -0.820. The van der Waals surface area contributed by atoms with Crippen molar-refractivity contribution in [1.29, 1.82) is 0 Å². The van der Waals surface area contributed by atoms with E-state index in [0.29, 0.717) is 47.0 Å². The van der Waals surface area contributed by atoms with E-state index >= 15 is 0 Å². The minimum atomic E-state index is -0.0977. The Morgan fingerprint density at radius 2 is 1.91 bits per heavy atom. The normalized spacial score (nSPS) is 16.1. The van der Waals surface area contributed by atoms with Crippen LogP contribution in [0.3, 0.4) is 0 Å². The smallest absolute Gasteiger partial charge is 0.256 e. The Bertz CT molecular complexity index is 554. The minimum absolute atomic E-state index is 0.0161. The average molecular weight is 364 g/mol. The van der Waals surface area contributed by atoms with Gasteiger partial charge in [-0.25, -0.2) is 0 Å². The van der Waals surface area contributed by atoms with Crippen LogP contribution in [0.5, 0.6) is 0 Å². The van der Waals surface area contributed by atoms with E-state index in [1.165, 1.54) is 11.3 Å². The zero-order chi connectivity index (χ0) is 16.3. The molecule has 8 heteroatoms. The van der Waals surface area contributed by atoms with Crippen molar-refractivity contribution in [2.75, 3.05) is 32.7 Å². The van der Waals surface area contributed by atoms with Crippen LogP contribution in [0.4, 0.5) is 0 Å². The molecule has 0 bridgehead atoms. The molecule has 0 saturated carbocycles. The van der Waals surface area contributed by atoms with E-state index in [0.717, 1.165) is 0 Å². The Morgan fingerprint density at radius 1 is 1.27 bits per heavy atom. The monoisotopic (exact) mass is 363 g/mol. The number of amides is 2. The van der Waals surface area contributed by atoms with Crippen molar-refractivity contribution >= 4 is 46.4 Å². The Morgan fingerprint density at radius 3 is 2.41 bits per heavy atom. The topological polar surface area (TPSA) is 52.7 Å². The highest BCUT2D eigenvalue weighted by Gasteiger charge is 2.25. The van der Waals surface area contributed by atoms with Crippen LogP contribution in [-0.4, -0.2) is 60.4 Å². The summed E-state index contributed by atoms with van der Waals surface area (Å²) in [6, 6.07) is 1.75. The lowest BCUT2D eigenvalue weighted by Crippen LogP contribution is -2.51. The minimum Gasteiger partial charge on any atom is -0.353 e. The molecule has 0 atom stereocenters.